The molecular formula is C10H14FN3. The van der Waals surface area contributed by atoms with Crippen molar-refractivity contribution in [3.8, 4) is 0 Å². The number of aryl methyl sites for hydroxylation is 1. The van der Waals surface area contributed by atoms with Crippen LogP contribution in [-0.4, -0.2) is 14.6 Å². The van der Waals surface area contributed by atoms with Gasteiger partial charge in [0.1, 0.15) is 5.82 Å². The Hall–Kier alpha value is -1.45. The van der Waals surface area contributed by atoms with Crippen molar-refractivity contribution < 1.29 is 4.39 Å². The fourth-order valence-corrected chi connectivity index (χ4v) is 0.923. The second-order valence-electron chi connectivity index (χ2n) is 3.01. The lowest BCUT2D eigenvalue weighted by atomic mass is 10.4. The standard InChI is InChI=1S/C7H6FN3.C3H8/c1-5-6(8)4-7-9-2-3-11(7)10-5;1-3-2/h2-4H,1H3;3H2,1-2H3. The first-order chi connectivity index (χ1) is 6.69. The second-order valence-corrected chi connectivity index (χ2v) is 3.01. The minimum absolute atomic E-state index is 0.316. The van der Waals surface area contributed by atoms with Crippen molar-refractivity contribution in [2.24, 2.45) is 0 Å². The molecule has 0 N–H and O–H groups in total. The Labute approximate surface area is 82.6 Å². The number of hydrogen-bond donors (Lipinski definition) is 0. The summed E-state index contributed by atoms with van der Waals surface area (Å²) in [7, 11) is 0. The average molecular weight is 195 g/mol. The number of halogens is 1. The Morgan fingerprint density at radius 2 is 2.07 bits per heavy atom. The van der Waals surface area contributed by atoms with Crippen molar-refractivity contribution in [1.29, 1.82) is 0 Å². The summed E-state index contributed by atoms with van der Waals surface area (Å²) in [5.74, 6) is -0.316. The molecule has 0 spiro atoms. The van der Waals surface area contributed by atoms with E-state index in [0.717, 1.165) is 0 Å². The van der Waals surface area contributed by atoms with E-state index >= 15 is 0 Å². The van der Waals surface area contributed by atoms with Gasteiger partial charge < -0.3 is 0 Å². The summed E-state index contributed by atoms with van der Waals surface area (Å²) in [4.78, 5) is 3.88. The van der Waals surface area contributed by atoms with E-state index in [-0.39, 0.29) is 5.82 Å². The van der Waals surface area contributed by atoms with Gasteiger partial charge in [0.2, 0.25) is 0 Å². The van der Waals surface area contributed by atoms with Gasteiger partial charge >= 0.3 is 0 Å². The third-order valence-electron chi connectivity index (χ3n) is 1.51. The molecule has 2 rings (SSSR count). The monoisotopic (exact) mass is 195 g/mol. The van der Waals surface area contributed by atoms with Crippen LogP contribution in [0.2, 0.25) is 0 Å². The topological polar surface area (TPSA) is 30.2 Å². The zero-order chi connectivity index (χ0) is 10.6. The van der Waals surface area contributed by atoms with Gasteiger partial charge in [0.25, 0.3) is 0 Å². The molecule has 4 heteroatoms. The van der Waals surface area contributed by atoms with Gasteiger partial charge in [-0.1, -0.05) is 20.3 Å². The van der Waals surface area contributed by atoms with Crippen LogP contribution in [0.5, 0.6) is 0 Å². The average Bonchev–Trinajstić information content (AvgIpc) is 2.54. The van der Waals surface area contributed by atoms with Crippen LogP contribution in [0.1, 0.15) is 26.0 Å². The predicted molar refractivity (Wildman–Crippen MR) is 53.6 cm³/mol. The normalized spacial score (nSPS) is 9.71. The first kappa shape index (κ1) is 10.6. The molecule has 0 amide bonds. The Kier molecular flexibility index (Phi) is 3.56. The van der Waals surface area contributed by atoms with E-state index in [1.807, 2.05) is 0 Å². The van der Waals surface area contributed by atoms with Crippen LogP contribution < -0.4 is 0 Å². The zero-order valence-electron chi connectivity index (χ0n) is 8.66. The number of rotatable bonds is 0. The minimum Gasteiger partial charge on any atom is -0.235 e. The molecule has 3 nitrogen and oxygen atoms in total. The molecule has 14 heavy (non-hydrogen) atoms. The SMILES string of the molecule is CCC.Cc1nn2ccnc2cc1F. The summed E-state index contributed by atoms with van der Waals surface area (Å²) in [6.07, 6.45) is 4.52. The van der Waals surface area contributed by atoms with E-state index in [1.165, 1.54) is 12.5 Å². The summed E-state index contributed by atoms with van der Waals surface area (Å²) < 4.78 is 14.4. The lowest BCUT2D eigenvalue weighted by Crippen LogP contribution is -1.96. The van der Waals surface area contributed by atoms with Crippen molar-refractivity contribution in [3.63, 3.8) is 0 Å². The maximum Gasteiger partial charge on any atom is 0.156 e. The van der Waals surface area contributed by atoms with Crippen LogP contribution in [0.4, 0.5) is 4.39 Å². The Balaban J connectivity index is 0.000000293. The van der Waals surface area contributed by atoms with Crippen LogP contribution in [-0.2, 0) is 0 Å². The molecule has 76 valence electrons. The third-order valence-corrected chi connectivity index (χ3v) is 1.51. The molecule has 0 unspecified atom stereocenters. The summed E-state index contributed by atoms with van der Waals surface area (Å²) in [6.45, 7) is 5.87. The van der Waals surface area contributed by atoms with Gasteiger partial charge in [-0.05, 0) is 6.92 Å². The summed E-state index contributed by atoms with van der Waals surface area (Å²) in [5.41, 5.74) is 0.920. The van der Waals surface area contributed by atoms with Crippen molar-refractivity contribution in [2.75, 3.05) is 0 Å². The summed E-state index contributed by atoms with van der Waals surface area (Å²) in [5, 5.41) is 3.91. The fourth-order valence-electron chi connectivity index (χ4n) is 0.923. The van der Waals surface area contributed by atoms with Gasteiger partial charge in [0, 0.05) is 18.5 Å². The second kappa shape index (κ2) is 4.69. The highest BCUT2D eigenvalue weighted by Crippen LogP contribution is 2.04. The Morgan fingerprint density at radius 3 is 2.71 bits per heavy atom. The van der Waals surface area contributed by atoms with Crippen molar-refractivity contribution in [2.45, 2.75) is 27.2 Å². The maximum absolute atomic E-state index is 12.8. The first-order valence-electron chi connectivity index (χ1n) is 4.65. The lowest BCUT2D eigenvalue weighted by Gasteiger charge is -1.95. The van der Waals surface area contributed by atoms with Gasteiger partial charge in [-0.2, -0.15) is 5.10 Å². The Morgan fingerprint density at radius 1 is 1.43 bits per heavy atom. The fraction of sp³-hybridized carbons (Fsp3) is 0.400. The summed E-state index contributed by atoms with van der Waals surface area (Å²) >= 11 is 0. The number of aromatic nitrogens is 3. The molecule has 0 atom stereocenters. The van der Waals surface area contributed by atoms with E-state index < -0.39 is 0 Å². The van der Waals surface area contributed by atoms with Gasteiger partial charge in [-0.3, -0.25) is 0 Å². The zero-order valence-corrected chi connectivity index (χ0v) is 8.66. The number of nitrogens with zero attached hydrogens (tertiary/aromatic N) is 3. The number of fused-ring (bicyclic) bond motifs is 1. The smallest absolute Gasteiger partial charge is 0.156 e. The molecule has 0 aliphatic heterocycles. The van der Waals surface area contributed by atoms with Crippen LogP contribution in [0.3, 0.4) is 0 Å². The van der Waals surface area contributed by atoms with Crippen molar-refractivity contribution in [3.05, 3.63) is 30.0 Å². The molecule has 0 aromatic carbocycles. The van der Waals surface area contributed by atoms with E-state index in [1.54, 1.807) is 23.8 Å². The molecule has 2 aromatic rings. The molecule has 2 heterocycles. The molecule has 2 aromatic heterocycles. The molecule has 0 aliphatic rings. The van der Waals surface area contributed by atoms with E-state index in [0.29, 0.717) is 11.3 Å². The maximum atomic E-state index is 12.8. The largest absolute Gasteiger partial charge is 0.235 e. The van der Waals surface area contributed by atoms with Gasteiger partial charge in [0.05, 0.1) is 5.69 Å². The van der Waals surface area contributed by atoms with E-state index in [4.69, 9.17) is 0 Å². The Bertz CT molecular complexity index is 373. The van der Waals surface area contributed by atoms with E-state index in [2.05, 4.69) is 23.9 Å². The molecular weight excluding hydrogens is 181 g/mol. The van der Waals surface area contributed by atoms with Gasteiger partial charge in [-0.15, -0.1) is 0 Å². The van der Waals surface area contributed by atoms with Crippen molar-refractivity contribution >= 4 is 5.65 Å². The molecule has 0 radical (unpaired) electrons. The minimum atomic E-state index is -0.316. The highest BCUT2D eigenvalue weighted by molar-refractivity contribution is 5.36. The summed E-state index contributed by atoms with van der Waals surface area (Å²) in [6, 6.07) is 1.36. The number of imidazole rings is 1. The van der Waals surface area contributed by atoms with Crippen LogP contribution >= 0.6 is 0 Å². The quantitative estimate of drug-likeness (QED) is 0.646. The molecule has 0 saturated carbocycles. The molecule has 0 aliphatic carbocycles. The highest BCUT2D eigenvalue weighted by atomic mass is 19.1. The third kappa shape index (κ3) is 2.28. The van der Waals surface area contributed by atoms with Gasteiger partial charge in [-0.25, -0.2) is 13.9 Å². The van der Waals surface area contributed by atoms with Gasteiger partial charge in [0.15, 0.2) is 5.65 Å². The number of hydrogen-bond acceptors (Lipinski definition) is 2. The molecule has 0 bridgehead atoms. The van der Waals surface area contributed by atoms with Crippen LogP contribution in [0.15, 0.2) is 18.5 Å². The van der Waals surface area contributed by atoms with Crippen molar-refractivity contribution in [1.82, 2.24) is 14.6 Å². The van der Waals surface area contributed by atoms with Crippen LogP contribution in [0, 0.1) is 12.7 Å². The highest BCUT2D eigenvalue weighted by Gasteiger charge is 2.00. The van der Waals surface area contributed by atoms with E-state index in [9.17, 15) is 4.39 Å². The molecule has 0 saturated heterocycles. The molecule has 0 fully saturated rings. The van der Waals surface area contributed by atoms with Crippen LogP contribution in [0.25, 0.3) is 5.65 Å². The predicted octanol–water partition coefficient (Wildman–Crippen LogP) is 2.59. The lowest BCUT2D eigenvalue weighted by molar-refractivity contribution is 0.600. The first-order valence-corrected chi connectivity index (χ1v) is 4.65.